The molecule has 4 nitrogen and oxygen atoms in total. The zero-order valence-corrected chi connectivity index (χ0v) is 10.5. The topological polar surface area (TPSA) is 39.1 Å². The second-order valence-corrected chi connectivity index (χ2v) is 5.39. The standard InChI is InChI=1S/C13H21N3O/c1-14-8-11-9-15-16(10-11)12-3-6-17-13(7-12)4-2-5-13/h9-10,12,14H,2-8H2,1H3. The SMILES string of the molecule is CNCc1cnn(C2CCOC3(CCC3)C2)c1. The number of aromatic nitrogens is 2. The predicted molar refractivity (Wildman–Crippen MR) is 65.8 cm³/mol. The Hall–Kier alpha value is -0.870. The van der Waals surface area contributed by atoms with Crippen molar-refractivity contribution >= 4 is 0 Å². The van der Waals surface area contributed by atoms with E-state index in [9.17, 15) is 0 Å². The lowest BCUT2D eigenvalue weighted by molar-refractivity contribution is -0.141. The van der Waals surface area contributed by atoms with Crippen LogP contribution in [0.1, 0.15) is 43.7 Å². The fourth-order valence-corrected chi connectivity index (χ4v) is 3.02. The first-order valence-corrected chi connectivity index (χ1v) is 6.63. The molecule has 94 valence electrons. The van der Waals surface area contributed by atoms with Crippen molar-refractivity contribution in [2.24, 2.45) is 0 Å². The summed E-state index contributed by atoms with van der Waals surface area (Å²) >= 11 is 0. The van der Waals surface area contributed by atoms with E-state index >= 15 is 0 Å². The van der Waals surface area contributed by atoms with Crippen LogP contribution in [0.25, 0.3) is 0 Å². The van der Waals surface area contributed by atoms with Gasteiger partial charge in [-0.1, -0.05) is 0 Å². The van der Waals surface area contributed by atoms with Crippen LogP contribution in [0.15, 0.2) is 12.4 Å². The lowest BCUT2D eigenvalue weighted by Crippen LogP contribution is -2.46. The summed E-state index contributed by atoms with van der Waals surface area (Å²) in [5.74, 6) is 0. The summed E-state index contributed by atoms with van der Waals surface area (Å²) in [7, 11) is 1.97. The van der Waals surface area contributed by atoms with Gasteiger partial charge in [0, 0.05) is 24.9 Å². The van der Waals surface area contributed by atoms with E-state index in [0.717, 1.165) is 26.0 Å². The summed E-state index contributed by atoms with van der Waals surface area (Å²) in [6.45, 7) is 1.79. The van der Waals surface area contributed by atoms with Gasteiger partial charge in [0.25, 0.3) is 0 Å². The van der Waals surface area contributed by atoms with Gasteiger partial charge in [-0.05, 0) is 39.2 Å². The molecule has 3 rings (SSSR count). The molecule has 1 atom stereocenters. The number of ether oxygens (including phenoxy) is 1. The molecule has 17 heavy (non-hydrogen) atoms. The average molecular weight is 235 g/mol. The second-order valence-electron chi connectivity index (χ2n) is 5.39. The molecular formula is C13H21N3O. The molecule has 4 heteroatoms. The Balaban J connectivity index is 1.69. The first kappa shape index (κ1) is 11.2. The van der Waals surface area contributed by atoms with Crippen LogP contribution in [-0.2, 0) is 11.3 Å². The van der Waals surface area contributed by atoms with E-state index in [1.807, 2.05) is 13.2 Å². The van der Waals surface area contributed by atoms with E-state index in [4.69, 9.17) is 4.74 Å². The third-order valence-electron chi connectivity index (χ3n) is 4.14. The quantitative estimate of drug-likeness (QED) is 0.869. The highest BCUT2D eigenvalue weighted by Crippen LogP contribution is 2.45. The van der Waals surface area contributed by atoms with Gasteiger partial charge in [-0.25, -0.2) is 0 Å². The number of hydrogen-bond donors (Lipinski definition) is 1. The van der Waals surface area contributed by atoms with Crippen molar-refractivity contribution in [3.63, 3.8) is 0 Å². The zero-order valence-electron chi connectivity index (χ0n) is 10.5. The average Bonchev–Trinajstić information content (AvgIpc) is 2.76. The summed E-state index contributed by atoms with van der Waals surface area (Å²) in [6.07, 6.45) is 10.2. The fraction of sp³-hybridized carbons (Fsp3) is 0.769. The van der Waals surface area contributed by atoms with Crippen LogP contribution in [0.2, 0.25) is 0 Å². The molecule has 1 aromatic rings. The lowest BCUT2D eigenvalue weighted by atomic mass is 9.74. The molecule has 1 saturated carbocycles. The molecule has 1 spiro atoms. The van der Waals surface area contributed by atoms with Gasteiger partial charge in [-0.2, -0.15) is 5.10 Å². The Kier molecular flexibility index (Phi) is 2.92. The third-order valence-corrected chi connectivity index (χ3v) is 4.14. The number of hydrogen-bond acceptors (Lipinski definition) is 3. The highest BCUT2D eigenvalue weighted by atomic mass is 16.5. The van der Waals surface area contributed by atoms with E-state index in [2.05, 4.69) is 21.3 Å². The van der Waals surface area contributed by atoms with Crippen LogP contribution >= 0.6 is 0 Å². The van der Waals surface area contributed by atoms with E-state index in [1.54, 1.807) is 0 Å². The highest BCUT2D eigenvalue weighted by Gasteiger charge is 2.43. The summed E-state index contributed by atoms with van der Waals surface area (Å²) < 4.78 is 8.10. The molecule has 0 aromatic carbocycles. The van der Waals surface area contributed by atoms with Crippen molar-refractivity contribution in [2.75, 3.05) is 13.7 Å². The number of nitrogens with one attached hydrogen (secondary N) is 1. The summed E-state index contributed by atoms with van der Waals surface area (Å²) in [6, 6.07) is 0.537. The van der Waals surface area contributed by atoms with Crippen LogP contribution in [0, 0.1) is 0 Å². The molecule has 1 N–H and O–H groups in total. The second kappa shape index (κ2) is 4.42. The Morgan fingerprint density at radius 1 is 1.59 bits per heavy atom. The monoisotopic (exact) mass is 235 g/mol. The van der Waals surface area contributed by atoms with Crippen molar-refractivity contribution in [1.82, 2.24) is 15.1 Å². The largest absolute Gasteiger partial charge is 0.375 e. The van der Waals surface area contributed by atoms with Crippen LogP contribution in [0.4, 0.5) is 0 Å². The van der Waals surface area contributed by atoms with Crippen molar-refractivity contribution in [2.45, 2.75) is 50.3 Å². The van der Waals surface area contributed by atoms with Crippen LogP contribution < -0.4 is 5.32 Å². The van der Waals surface area contributed by atoms with Gasteiger partial charge in [0.15, 0.2) is 0 Å². The Bertz CT molecular complexity index is 384. The molecule has 2 heterocycles. The first-order valence-electron chi connectivity index (χ1n) is 6.63. The first-order chi connectivity index (χ1) is 8.31. The molecule has 1 unspecified atom stereocenters. The molecule has 1 aromatic heterocycles. The Labute approximate surface area is 102 Å². The minimum Gasteiger partial charge on any atom is -0.375 e. The Morgan fingerprint density at radius 3 is 3.18 bits per heavy atom. The summed E-state index contributed by atoms with van der Waals surface area (Å²) in [5, 5.41) is 7.66. The fourth-order valence-electron chi connectivity index (χ4n) is 3.02. The molecule has 0 bridgehead atoms. The van der Waals surface area contributed by atoms with Gasteiger partial charge in [0.1, 0.15) is 0 Å². The molecule has 2 fully saturated rings. The van der Waals surface area contributed by atoms with Crippen LogP contribution in [-0.4, -0.2) is 29.0 Å². The van der Waals surface area contributed by atoms with E-state index in [1.165, 1.54) is 24.8 Å². The summed E-state index contributed by atoms with van der Waals surface area (Å²) in [4.78, 5) is 0. The smallest absolute Gasteiger partial charge is 0.0703 e. The molecular weight excluding hydrogens is 214 g/mol. The molecule has 1 saturated heterocycles. The van der Waals surface area contributed by atoms with Crippen molar-refractivity contribution < 1.29 is 4.74 Å². The number of nitrogens with zero attached hydrogens (tertiary/aromatic N) is 2. The highest BCUT2D eigenvalue weighted by molar-refractivity contribution is 5.05. The summed E-state index contributed by atoms with van der Waals surface area (Å²) in [5.41, 5.74) is 1.47. The van der Waals surface area contributed by atoms with Gasteiger partial charge in [0.05, 0.1) is 17.8 Å². The minimum absolute atomic E-state index is 0.206. The van der Waals surface area contributed by atoms with E-state index in [-0.39, 0.29) is 5.60 Å². The molecule has 0 radical (unpaired) electrons. The van der Waals surface area contributed by atoms with Gasteiger partial charge >= 0.3 is 0 Å². The predicted octanol–water partition coefficient (Wildman–Crippen LogP) is 1.88. The van der Waals surface area contributed by atoms with Gasteiger partial charge < -0.3 is 10.1 Å². The normalized spacial score (nSPS) is 27.0. The van der Waals surface area contributed by atoms with Gasteiger partial charge in [-0.15, -0.1) is 0 Å². The molecule has 1 aliphatic heterocycles. The Morgan fingerprint density at radius 2 is 2.47 bits per heavy atom. The number of rotatable bonds is 3. The maximum atomic E-state index is 5.95. The zero-order chi connectivity index (χ0) is 11.7. The van der Waals surface area contributed by atoms with Gasteiger partial charge in [-0.3, -0.25) is 4.68 Å². The van der Waals surface area contributed by atoms with Crippen LogP contribution in [0.5, 0.6) is 0 Å². The van der Waals surface area contributed by atoms with Crippen molar-refractivity contribution in [1.29, 1.82) is 0 Å². The maximum absolute atomic E-state index is 5.95. The molecule has 2 aliphatic rings. The van der Waals surface area contributed by atoms with Crippen molar-refractivity contribution in [3.8, 4) is 0 Å². The van der Waals surface area contributed by atoms with E-state index < -0.39 is 0 Å². The van der Waals surface area contributed by atoms with Crippen LogP contribution in [0.3, 0.4) is 0 Å². The maximum Gasteiger partial charge on any atom is 0.0703 e. The van der Waals surface area contributed by atoms with Gasteiger partial charge in [0.2, 0.25) is 0 Å². The third kappa shape index (κ3) is 2.11. The molecule has 1 aliphatic carbocycles. The lowest BCUT2D eigenvalue weighted by Gasteiger charge is -2.47. The van der Waals surface area contributed by atoms with Crippen molar-refractivity contribution in [3.05, 3.63) is 18.0 Å². The minimum atomic E-state index is 0.206. The van der Waals surface area contributed by atoms with E-state index in [0.29, 0.717) is 6.04 Å². The molecule has 0 amide bonds.